The highest BCUT2D eigenvalue weighted by atomic mass is 79.9. The molecule has 3 aromatic rings. The zero-order valence-corrected chi connectivity index (χ0v) is 11.5. The molecule has 94 valence electrons. The van der Waals surface area contributed by atoms with Crippen LogP contribution in [0.25, 0.3) is 16.8 Å². The van der Waals surface area contributed by atoms with Crippen LogP contribution in [0.15, 0.2) is 65.4 Å². The van der Waals surface area contributed by atoms with Crippen LogP contribution in [-0.4, -0.2) is 9.78 Å². The molecule has 0 aliphatic carbocycles. The number of hydrogen-bond donors (Lipinski definition) is 0. The van der Waals surface area contributed by atoms with Gasteiger partial charge < -0.3 is 0 Å². The Hall–Kier alpha value is -1.94. The van der Waals surface area contributed by atoms with E-state index in [4.69, 9.17) is 0 Å². The Morgan fingerprint density at radius 2 is 1.84 bits per heavy atom. The van der Waals surface area contributed by atoms with Crippen LogP contribution in [0.2, 0.25) is 0 Å². The van der Waals surface area contributed by atoms with Crippen molar-refractivity contribution in [2.75, 3.05) is 0 Å². The molecule has 0 fully saturated rings. The Labute approximate surface area is 118 Å². The van der Waals surface area contributed by atoms with E-state index in [0.717, 1.165) is 21.3 Å². The van der Waals surface area contributed by atoms with Crippen LogP contribution < -0.4 is 0 Å². The van der Waals surface area contributed by atoms with Crippen molar-refractivity contribution in [2.24, 2.45) is 0 Å². The first kappa shape index (κ1) is 12.1. The lowest BCUT2D eigenvalue weighted by Gasteiger charge is -2.01. The zero-order chi connectivity index (χ0) is 13.2. The van der Waals surface area contributed by atoms with E-state index < -0.39 is 0 Å². The van der Waals surface area contributed by atoms with Gasteiger partial charge in [-0.3, -0.25) is 0 Å². The van der Waals surface area contributed by atoms with E-state index in [0.29, 0.717) is 0 Å². The van der Waals surface area contributed by atoms with Gasteiger partial charge in [0.1, 0.15) is 5.82 Å². The lowest BCUT2D eigenvalue weighted by atomic mass is 10.1. The molecule has 2 nitrogen and oxygen atoms in total. The average Bonchev–Trinajstić information content (AvgIpc) is 2.88. The summed E-state index contributed by atoms with van der Waals surface area (Å²) < 4.78 is 16.0. The fourth-order valence-electron chi connectivity index (χ4n) is 1.90. The summed E-state index contributed by atoms with van der Waals surface area (Å²) in [5, 5.41) is 4.31. The molecule has 1 heterocycles. The van der Waals surface area contributed by atoms with Crippen LogP contribution in [-0.2, 0) is 0 Å². The van der Waals surface area contributed by atoms with Crippen molar-refractivity contribution >= 4 is 15.9 Å². The number of nitrogens with zero attached hydrogens (tertiary/aromatic N) is 2. The van der Waals surface area contributed by atoms with E-state index in [1.165, 1.54) is 12.1 Å². The second-order valence-corrected chi connectivity index (χ2v) is 5.08. The Kier molecular flexibility index (Phi) is 3.17. The monoisotopic (exact) mass is 316 g/mol. The first-order chi connectivity index (χ1) is 9.22. The maximum atomic E-state index is 13.2. The van der Waals surface area contributed by atoms with E-state index in [1.807, 2.05) is 36.5 Å². The fourth-order valence-corrected chi connectivity index (χ4v) is 2.29. The quantitative estimate of drug-likeness (QED) is 0.683. The summed E-state index contributed by atoms with van der Waals surface area (Å²) in [6, 6.07) is 14.3. The summed E-state index contributed by atoms with van der Waals surface area (Å²) in [7, 11) is 0. The molecular weight excluding hydrogens is 307 g/mol. The molecule has 0 atom stereocenters. The molecule has 0 unspecified atom stereocenters. The Bertz CT molecular complexity index is 661. The predicted molar refractivity (Wildman–Crippen MR) is 76.7 cm³/mol. The molecule has 0 amide bonds. The third kappa shape index (κ3) is 2.58. The number of aromatic nitrogens is 2. The minimum absolute atomic E-state index is 0.243. The molecule has 0 aliphatic heterocycles. The van der Waals surface area contributed by atoms with Gasteiger partial charge in [-0.25, -0.2) is 9.07 Å². The van der Waals surface area contributed by atoms with Gasteiger partial charge in [0.05, 0.1) is 11.9 Å². The molecule has 0 aliphatic rings. The smallest absolute Gasteiger partial charge is 0.123 e. The highest BCUT2D eigenvalue weighted by Crippen LogP contribution is 2.21. The van der Waals surface area contributed by atoms with Crippen molar-refractivity contribution in [1.29, 1.82) is 0 Å². The molecule has 0 spiro atoms. The molecule has 3 rings (SSSR count). The lowest BCUT2D eigenvalue weighted by Crippen LogP contribution is -1.93. The summed E-state index contributed by atoms with van der Waals surface area (Å²) in [5.41, 5.74) is 2.66. The molecule has 4 heteroatoms. The minimum atomic E-state index is -0.243. The van der Waals surface area contributed by atoms with Crippen LogP contribution in [0.4, 0.5) is 4.39 Å². The van der Waals surface area contributed by atoms with Crippen LogP contribution in [0, 0.1) is 5.82 Å². The van der Waals surface area contributed by atoms with E-state index in [2.05, 4.69) is 21.0 Å². The Balaban J connectivity index is 2.00. The van der Waals surface area contributed by atoms with Crippen molar-refractivity contribution in [3.63, 3.8) is 0 Å². The van der Waals surface area contributed by atoms with Gasteiger partial charge in [0, 0.05) is 16.2 Å². The maximum Gasteiger partial charge on any atom is 0.123 e. The van der Waals surface area contributed by atoms with Crippen molar-refractivity contribution < 1.29 is 4.39 Å². The number of halogens is 2. The lowest BCUT2D eigenvalue weighted by molar-refractivity contribution is 0.628. The molecule has 0 bridgehead atoms. The fraction of sp³-hybridized carbons (Fsp3) is 0. The first-order valence-corrected chi connectivity index (χ1v) is 6.58. The van der Waals surface area contributed by atoms with Gasteiger partial charge in [-0.15, -0.1) is 0 Å². The van der Waals surface area contributed by atoms with Gasteiger partial charge in [0.25, 0.3) is 0 Å². The topological polar surface area (TPSA) is 17.8 Å². The van der Waals surface area contributed by atoms with Gasteiger partial charge in [-0.1, -0.05) is 34.1 Å². The van der Waals surface area contributed by atoms with Crippen molar-refractivity contribution in [3.05, 3.63) is 71.2 Å². The maximum absolute atomic E-state index is 13.2. The van der Waals surface area contributed by atoms with Crippen LogP contribution >= 0.6 is 15.9 Å². The van der Waals surface area contributed by atoms with Crippen LogP contribution in [0.1, 0.15) is 0 Å². The standard InChI is InChI=1S/C15H10BrFN2/c16-13-4-2-6-15(8-13)19-10-12(9-18-19)11-3-1-5-14(17)7-11/h1-10H. The summed E-state index contributed by atoms with van der Waals surface area (Å²) in [6.45, 7) is 0. The summed E-state index contributed by atoms with van der Waals surface area (Å²) in [6.07, 6.45) is 3.62. The number of hydrogen-bond acceptors (Lipinski definition) is 1. The van der Waals surface area contributed by atoms with E-state index in [-0.39, 0.29) is 5.82 Å². The molecule has 19 heavy (non-hydrogen) atoms. The van der Waals surface area contributed by atoms with Gasteiger partial charge >= 0.3 is 0 Å². The summed E-state index contributed by atoms with van der Waals surface area (Å²) in [4.78, 5) is 0. The zero-order valence-electron chi connectivity index (χ0n) is 9.92. The van der Waals surface area contributed by atoms with Gasteiger partial charge in [-0.2, -0.15) is 5.10 Å². The molecule has 0 saturated carbocycles. The predicted octanol–water partition coefficient (Wildman–Crippen LogP) is 4.44. The highest BCUT2D eigenvalue weighted by molar-refractivity contribution is 9.10. The first-order valence-electron chi connectivity index (χ1n) is 5.79. The van der Waals surface area contributed by atoms with E-state index in [9.17, 15) is 4.39 Å². The molecule has 1 aromatic heterocycles. The SMILES string of the molecule is Fc1cccc(-c2cnn(-c3cccc(Br)c3)c2)c1. The van der Waals surface area contributed by atoms with E-state index >= 15 is 0 Å². The molecule has 2 aromatic carbocycles. The molecular formula is C15H10BrFN2. The number of benzene rings is 2. The minimum Gasteiger partial charge on any atom is -0.240 e. The normalized spacial score (nSPS) is 10.6. The summed E-state index contributed by atoms with van der Waals surface area (Å²) in [5.74, 6) is -0.243. The highest BCUT2D eigenvalue weighted by Gasteiger charge is 2.04. The third-order valence-electron chi connectivity index (χ3n) is 2.81. The Morgan fingerprint density at radius 3 is 2.63 bits per heavy atom. The van der Waals surface area contributed by atoms with Crippen molar-refractivity contribution in [2.45, 2.75) is 0 Å². The molecule has 0 radical (unpaired) electrons. The van der Waals surface area contributed by atoms with Gasteiger partial charge in [-0.05, 0) is 35.9 Å². The van der Waals surface area contributed by atoms with Gasteiger partial charge in [0.15, 0.2) is 0 Å². The molecule has 0 N–H and O–H groups in total. The van der Waals surface area contributed by atoms with Crippen molar-refractivity contribution in [1.82, 2.24) is 9.78 Å². The average molecular weight is 317 g/mol. The van der Waals surface area contributed by atoms with E-state index in [1.54, 1.807) is 16.9 Å². The largest absolute Gasteiger partial charge is 0.240 e. The molecule has 0 saturated heterocycles. The second-order valence-electron chi connectivity index (χ2n) is 4.16. The second kappa shape index (κ2) is 4.97. The Morgan fingerprint density at radius 1 is 1.00 bits per heavy atom. The van der Waals surface area contributed by atoms with Crippen molar-refractivity contribution in [3.8, 4) is 16.8 Å². The van der Waals surface area contributed by atoms with Crippen LogP contribution in [0.5, 0.6) is 0 Å². The number of rotatable bonds is 2. The summed E-state index contributed by atoms with van der Waals surface area (Å²) >= 11 is 3.43. The van der Waals surface area contributed by atoms with Gasteiger partial charge in [0.2, 0.25) is 0 Å². The van der Waals surface area contributed by atoms with Crippen LogP contribution in [0.3, 0.4) is 0 Å². The third-order valence-corrected chi connectivity index (χ3v) is 3.31.